The number of hydrogen-bond donors (Lipinski definition) is 2. The molecule has 0 spiro atoms. The Labute approximate surface area is 79.4 Å². The van der Waals surface area contributed by atoms with Crippen LogP contribution >= 0.6 is 0 Å². The molecule has 0 fully saturated rings. The molecule has 0 aliphatic carbocycles. The van der Waals surface area contributed by atoms with E-state index < -0.39 is 0 Å². The molecule has 3 N–H and O–H groups in total. The molecule has 0 bridgehead atoms. The van der Waals surface area contributed by atoms with Crippen LogP contribution in [0, 0.1) is 6.92 Å². The normalized spacial score (nSPS) is 11.7. The first-order valence-electron chi connectivity index (χ1n) is 4.42. The number of hydrogen-bond acceptors (Lipinski definition) is 2. The van der Waals surface area contributed by atoms with Gasteiger partial charge in [-0.2, -0.15) is 0 Å². The smallest absolute Gasteiger partial charge is 0.121 e. The second-order valence-electron chi connectivity index (χ2n) is 4.48. The minimum atomic E-state index is -0.0391. The maximum atomic E-state index is 9.67. The van der Waals surface area contributed by atoms with Crippen LogP contribution < -0.4 is 5.73 Å². The molecular formula is C11H17NO. The minimum absolute atomic E-state index is 0.0391. The summed E-state index contributed by atoms with van der Waals surface area (Å²) in [5.41, 5.74) is 8.24. The van der Waals surface area contributed by atoms with Gasteiger partial charge in [0.15, 0.2) is 0 Å². The summed E-state index contributed by atoms with van der Waals surface area (Å²) in [6.07, 6.45) is 0. The molecule has 2 nitrogen and oxygen atoms in total. The Balaban J connectivity index is 3.32. The molecule has 0 saturated carbocycles. The van der Waals surface area contributed by atoms with Crippen molar-refractivity contribution >= 4 is 5.69 Å². The van der Waals surface area contributed by atoms with Crippen LogP contribution in [0.5, 0.6) is 5.75 Å². The lowest BCUT2D eigenvalue weighted by Gasteiger charge is -2.21. The highest BCUT2D eigenvalue weighted by molar-refractivity contribution is 5.55. The minimum Gasteiger partial charge on any atom is -0.508 e. The number of aryl methyl sites for hydroxylation is 1. The number of rotatable bonds is 0. The number of benzene rings is 1. The Hall–Kier alpha value is -1.18. The van der Waals surface area contributed by atoms with E-state index in [0.29, 0.717) is 5.69 Å². The van der Waals surface area contributed by atoms with Crippen molar-refractivity contribution in [3.05, 3.63) is 23.3 Å². The van der Waals surface area contributed by atoms with Crippen molar-refractivity contribution in [1.29, 1.82) is 0 Å². The Morgan fingerprint density at radius 3 is 2.23 bits per heavy atom. The third-order valence-electron chi connectivity index (χ3n) is 2.19. The summed E-state index contributed by atoms with van der Waals surface area (Å²) in [4.78, 5) is 0. The van der Waals surface area contributed by atoms with Crippen molar-refractivity contribution in [3.63, 3.8) is 0 Å². The van der Waals surface area contributed by atoms with E-state index in [0.717, 1.165) is 11.1 Å². The van der Waals surface area contributed by atoms with Crippen molar-refractivity contribution in [2.45, 2.75) is 33.1 Å². The largest absolute Gasteiger partial charge is 0.508 e. The second-order valence-corrected chi connectivity index (χ2v) is 4.48. The van der Waals surface area contributed by atoms with E-state index in [9.17, 15) is 5.11 Å². The van der Waals surface area contributed by atoms with Crippen molar-refractivity contribution in [2.75, 3.05) is 5.73 Å². The van der Waals surface area contributed by atoms with E-state index >= 15 is 0 Å². The number of anilines is 1. The fraction of sp³-hybridized carbons (Fsp3) is 0.455. The topological polar surface area (TPSA) is 46.2 Å². The van der Waals surface area contributed by atoms with Gasteiger partial charge in [0.25, 0.3) is 0 Å². The van der Waals surface area contributed by atoms with Crippen molar-refractivity contribution < 1.29 is 5.11 Å². The number of phenolic OH excluding ortho intramolecular Hbond substituents is 1. The molecule has 0 aliphatic rings. The van der Waals surface area contributed by atoms with E-state index in [1.807, 2.05) is 13.0 Å². The van der Waals surface area contributed by atoms with Gasteiger partial charge in [-0.25, -0.2) is 0 Å². The van der Waals surface area contributed by atoms with Gasteiger partial charge in [-0.3, -0.25) is 0 Å². The lowest BCUT2D eigenvalue weighted by molar-refractivity contribution is 0.447. The number of nitrogen functional groups attached to an aromatic ring is 1. The number of phenols is 1. The monoisotopic (exact) mass is 179 g/mol. The predicted octanol–water partition coefficient (Wildman–Crippen LogP) is 2.58. The molecule has 0 aliphatic heterocycles. The van der Waals surface area contributed by atoms with E-state index in [2.05, 4.69) is 20.8 Å². The Morgan fingerprint density at radius 1 is 1.23 bits per heavy atom. The zero-order valence-corrected chi connectivity index (χ0v) is 8.68. The van der Waals surface area contributed by atoms with Crippen molar-refractivity contribution in [2.24, 2.45) is 0 Å². The van der Waals surface area contributed by atoms with E-state index in [1.54, 1.807) is 6.07 Å². The van der Waals surface area contributed by atoms with Crippen LogP contribution in [0.3, 0.4) is 0 Å². The van der Waals surface area contributed by atoms with E-state index in [-0.39, 0.29) is 11.2 Å². The van der Waals surface area contributed by atoms with Crippen LogP contribution in [-0.4, -0.2) is 5.11 Å². The van der Waals surface area contributed by atoms with Crippen LogP contribution in [0.25, 0.3) is 0 Å². The zero-order valence-electron chi connectivity index (χ0n) is 8.68. The van der Waals surface area contributed by atoms with E-state index in [1.165, 1.54) is 0 Å². The fourth-order valence-electron chi connectivity index (χ4n) is 1.31. The van der Waals surface area contributed by atoms with Crippen LogP contribution in [0.1, 0.15) is 31.9 Å². The molecule has 1 rings (SSSR count). The Morgan fingerprint density at radius 2 is 1.77 bits per heavy atom. The molecule has 13 heavy (non-hydrogen) atoms. The molecule has 2 heteroatoms. The average molecular weight is 179 g/mol. The second kappa shape index (κ2) is 2.95. The maximum Gasteiger partial charge on any atom is 0.121 e. The summed E-state index contributed by atoms with van der Waals surface area (Å²) < 4.78 is 0. The third-order valence-corrected chi connectivity index (χ3v) is 2.19. The SMILES string of the molecule is Cc1cc(C(C)(C)C)c(O)cc1N. The van der Waals surface area contributed by atoms with Gasteiger partial charge in [-0.15, -0.1) is 0 Å². The molecule has 72 valence electrons. The molecule has 0 saturated heterocycles. The first-order valence-corrected chi connectivity index (χ1v) is 4.42. The molecule has 0 heterocycles. The average Bonchev–Trinajstić information content (AvgIpc) is 1.94. The van der Waals surface area contributed by atoms with Gasteiger partial charge in [0, 0.05) is 11.8 Å². The van der Waals surface area contributed by atoms with Gasteiger partial charge in [0.1, 0.15) is 5.75 Å². The van der Waals surface area contributed by atoms with Gasteiger partial charge in [-0.1, -0.05) is 20.8 Å². The number of nitrogens with two attached hydrogens (primary N) is 1. The highest BCUT2D eigenvalue weighted by Crippen LogP contribution is 2.33. The maximum absolute atomic E-state index is 9.67. The highest BCUT2D eigenvalue weighted by atomic mass is 16.3. The van der Waals surface area contributed by atoms with Crippen LogP contribution in [-0.2, 0) is 5.41 Å². The summed E-state index contributed by atoms with van der Waals surface area (Å²) in [5.74, 6) is 0.288. The van der Waals surface area contributed by atoms with Gasteiger partial charge >= 0.3 is 0 Å². The quantitative estimate of drug-likeness (QED) is 0.601. The summed E-state index contributed by atoms with van der Waals surface area (Å²) >= 11 is 0. The van der Waals surface area contributed by atoms with Crippen LogP contribution in [0.4, 0.5) is 5.69 Å². The fourth-order valence-corrected chi connectivity index (χ4v) is 1.31. The molecule has 0 amide bonds. The first kappa shape index (κ1) is 9.90. The Kier molecular flexibility index (Phi) is 2.24. The summed E-state index contributed by atoms with van der Waals surface area (Å²) in [6.45, 7) is 8.15. The van der Waals surface area contributed by atoms with Crippen molar-refractivity contribution in [3.8, 4) is 5.75 Å². The molecular weight excluding hydrogens is 162 g/mol. The Bertz CT molecular complexity index is 324. The molecule has 1 aromatic carbocycles. The molecule has 0 aromatic heterocycles. The van der Waals surface area contributed by atoms with Crippen LogP contribution in [0.2, 0.25) is 0 Å². The first-order chi connectivity index (χ1) is 5.82. The summed E-state index contributed by atoms with van der Waals surface area (Å²) in [7, 11) is 0. The lowest BCUT2D eigenvalue weighted by Crippen LogP contribution is -2.12. The van der Waals surface area contributed by atoms with Gasteiger partial charge in [0.2, 0.25) is 0 Å². The third kappa shape index (κ3) is 1.94. The summed E-state index contributed by atoms with van der Waals surface area (Å²) in [6, 6.07) is 3.57. The molecule has 0 radical (unpaired) electrons. The molecule has 0 unspecified atom stereocenters. The standard InChI is InChI=1S/C11H17NO/c1-7-5-8(11(2,3)4)10(13)6-9(7)12/h5-6,13H,12H2,1-4H3. The van der Waals surface area contributed by atoms with E-state index in [4.69, 9.17) is 5.73 Å². The zero-order chi connectivity index (χ0) is 10.2. The molecule has 1 aromatic rings. The molecule has 0 atom stereocenters. The number of aromatic hydroxyl groups is 1. The summed E-state index contributed by atoms with van der Waals surface area (Å²) in [5, 5.41) is 9.67. The lowest BCUT2D eigenvalue weighted by atomic mass is 9.85. The van der Waals surface area contributed by atoms with Crippen LogP contribution in [0.15, 0.2) is 12.1 Å². The predicted molar refractivity (Wildman–Crippen MR) is 56.0 cm³/mol. The van der Waals surface area contributed by atoms with Gasteiger partial charge < -0.3 is 10.8 Å². The van der Waals surface area contributed by atoms with Gasteiger partial charge in [-0.05, 0) is 29.5 Å². The highest BCUT2D eigenvalue weighted by Gasteiger charge is 2.18. The van der Waals surface area contributed by atoms with Crippen molar-refractivity contribution in [1.82, 2.24) is 0 Å². The van der Waals surface area contributed by atoms with Gasteiger partial charge in [0.05, 0.1) is 0 Å².